The molecule has 8 heteroatoms. The maximum Gasteiger partial charge on any atom is 0.364 e. The normalized spacial score (nSPS) is 21.0. The summed E-state index contributed by atoms with van der Waals surface area (Å²) < 4.78 is 24.6. The van der Waals surface area contributed by atoms with Crippen molar-refractivity contribution in [1.29, 1.82) is 0 Å². The minimum Gasteiger partial charge on any atom is -0.258 e. The fourth-order valence-electron chi connectivity index (χ4n) is 2.06. The highest BCUT2D eigenvalue weighted by atomic mass is 32.2. The van der Waals surface area contributed by atoms with Gasteiger partial charge in [0.25, 0.3) is 12.4 Å². The smallest absolute Gasteiger partial charge is 0.258 e. The minimum atomic E-state index is -3.83. The molecule has 0 aromatic heterocycles. The van der Waals surface area contributed by atoms with Gasteiger partial charge in [-0.1, -0.05) is 18.2 Å². The van der Waals surface area contributed by atoms with E-state index in [1.807, 2.05) is 0 Å². The Morgan fingerprint density at radius 3 is 2.33 bits per heavy atom. The van der Waals surface area contributed by atoms with Crippen molar-refractivity contribution in [2.75, 3.05) is 6.73 Å². The predicted molar refractivity (Wildman–Crippen MR) is 74.5 cm³/mol. The Morgan fingerprint density at radius 1 is 1.10 bits per heavy atom. The molecule has 0 aliphatic carbocycles. The van der Waals surface area contributed by atoms with Crippen molar-refractivity contribution in [2.45, 2.75) is 4.90 Å². The van der Waals surface area contributed by atoms with Gasteiger partial charge in [0.05, 0.1) is 11.0 Å². The maximum atomic E-state index is 12.7. The Hall–Kier alpha value is -2.29. The Labute approximate surface area is 120 Å². The molecule has 1 saturated heterocycles. The molecular formula is C13H11N2O5S+. The van der Waals surface area contributed by atoms with Crippen molar-refractivity contribution >= 4 is 21.4 Å². The molecule has 1 unspecified atom stereocenters. The van der Waals surface area contributed by atoms with E-state index in [1.165, 1.54) is 36.4 Å². The summed E-state index contributed by atoms with van der Waals surface area (Å²) in [5.41, 5.74) is 0.0387. The molecule has 0 N–H and O–H groups in total. The second kappa shape index (κ2) is 4.62. The lowest BCUT2D eigenvalue weighted by molar-refractivity contribution is -0.384. The van der Waals surface area contributed by atoms with Crippen LogP contribution in [-0.4, -0.2) is 20.1 Å². The fraction of sp³-hybridized carbons (Fsp3) is 0.0769. The highest BCUT2D eigenvalue weighted by molar-refractivity contribution is 7.91. The van der Waals surface area contributed by atoms with E-state index in [1.54, 1.807) is 18.2 Å². The SMILES string of the molecule is O=[N+]([O-])c1cccc([N+]2(S(=O)(=O)c3ccccc3)CO2)c1. The van der Waals surface area contributed by atoms with Crippen molar-refractivity contribution in [1.82, 2.24) is 4.05 Å². The minimum absolute atomic E-state index is 0.0710. The Kier molecular flexibility index (Phi) is 3.01. The second-order valence-electron chi connectivity index (χ2n) is 4.50. The van der Waals surface area contributed by atoms with E-state index >= 15 is 0 Å². The number of nitrogens with zero attached hydrogens (tertiary/aromatic N) is 2. The molecule has 1 fully saturated rings. The van der Waals surface area contributed by atoms with Crippen LogP contribution in [0.1, 0.15) is 0 Å². The number of benzene rings is 2. The van der Waals surface area contributed by atoms with Crippen molar-refractivity contribution in [3.63, 3.8) is 0 Å². The van der Waals surface area contributed by atoms with Gasteiger partial charge in [-0.2, -0.15) is 8.42 Å². The maximum absolute atomic E-state index is 12.7. The summed E-state index contributed by atoms with van der Waals surface area (Å²) in [6.45, 7) is -0.0710. The van der Waals surface area contributed by atoms with Gasteiger partial charge in [-0.25, -0.2) is 0 Å². The van der Waals surface area contributed by atoms with Crippen LogP contribution < -0.4 is 4.05 Å². The fourth-order valence-corrected chi connectivity index (χ4v) is 3.62. The van der Waals surface area contributed by atoms with Crippen LogP contribution in [0.2, 0.25) is 0 Å². The number of non-ortho nitro benzene ring substituents is 1. The summed E-state index contributed by atoms with van der Waals surface area (Å²) in [4.78, 5) is 15.5. The molecule has 2 aromatic rings. The molecule has 0 bridgehead atoms. The van der Waals surface area contributed by atoms with Gasteiger partial charge < -0.3 is 0 Å². The summed E-state index contributed by atoms with van der Waals surface area (Å²) in [6, 6.07) is 13.3. The monoisotopic (exact) mass is 307 g/mol. The van der Waals surface area contributed by atoms with Crippen LogP contribution in [0.4, 0.5) is 11.4 Å². The number of hydrogen-bond donors (Lipinski definition) is 0. The van der Waals surface area contributed by atoms with Crippen LogP contribution in [0.3, 0.4) is 0 Å². The second-order valence-corrected chi connectivity index (χ2v) is 6.51. The zero-order valence-corrected chi connectivity index (χ0v) is 11.6. The van der Waals surface area contributed by atoms with Crippen molar-refractivity contribution in [2.24, 2.45) is 0 Å². The van der Waals surface area contributed by atoms with Crippen LogP contribution >= 0.6 is 0 Å². The van der Waals surface area contributed by atoms with E-state index < -0.39 is 19.0 Å². The number of nitro groups is 1. The third-order valence-corrected chi connectivity index (χ3v) is 5.29. The number of quaternary nitrogens is 1. The van der Waals surface area contributed by atoms with Gasteiger partial charge in [-0.3, -0.25) is 10.1 Å². The molecule has 0 spiro atoms. The first-order chi connectivity index (χ1) is 9.97. The number of nitro benzene ring substituents is 1. The molecule has 0 radical (unpaired) electrons. The summed E-state index contributed by atoms with van der Waals surface area (Å²) in [6.07, 6.45) is 0. The van der Waals surface area contributed by atoms with Crippen molar-refractivity contribution < 1.29 is 18.2 Å². The Balaban J connectivity index is 2.10. The standard InChI is InChI=1S/C13H11N2O5S/c16-14(17)11-5-4-6-12(9-11)15(10-20-15)21(18,19)13-7-2-1-3-8-13/h1-9H,10H2/q+1. The van der Waals surface area contributed by atoms with Gasteiger partial charge in [0.2, 0.25) is 0 Å². The molecule has 1 aliphatic heterocycles. The van der Waals surface area contributed by atoms with Gasteiger partial charge in [0.1, 0.15) is 4.90 Å². The zero-order valence-electron chi connectivity index (χ0n) is 10.7. The molecule has 1 atom stereocenters. The van der Waals surface area contributed by atoms with E-state index in [2.05, 4.69) is 0 Å². The molecule has 21 heavy (non-hydrogen) atoms. The third kappa shape index (κ3) is 2.09. The first kappa shape index (κ1) is 13.7. The molecule has 7 nitrogen and oxygen atoms in total. The molecule has 0 amide bonds. The summed E-state index contributed by atoms with van der Waals surface area (Å²) in [7, 11) is -3.83. The lowest BCUT2D eigenvalue weighted by atomic mass is 10.3. The average Bonchev–Trinajstić information content (AvgIpc) is 3.30. The first-order valence-corrected chi connectivity index (χ1v) is 7.49. The van der Waals surface area contributed by atoms with Gasteiger partial charge >= 0.3 is 10.0 Å². The predicted octanol–water partition coefficient (Wildman–Crippen LogP) is 2.19. The van der Waals surface area contributed by atoms with Gasteiger partial charge in [-0.15, -0.1) is 4.84 Å². The molecule has 108 valence electrons. The molecule has 3 rings (SSSR count). The topological polar surface area (TPSA) is 89.8 Å². The van der Waals surface area contributed by atoms with E-state index in [0.29, 0.717) is 0 Å². The Morgan fingerprint density at radius 2 is 1.76 bits per heavy atom. The number of hydrogen-bond acceptors (Lipinski definition) is 5. The average molecular weight is 307 g/mol. The summed E-state index contributed by atoms with van der Waals surface area (Å²) in [5, 5.41) is 10.8. The van der Waals surface area contributed by atoms with E-state index in [-0.39, 0.29) is 23.0 Å². The summed E-state index contributed by atoms with van der Waals surface area (Å²) >= 11 is 0. The van der Waals surface area contributed by atoms with Crippen molar-refractivity contribution in [3.8, 4) is 0 Å². The number of hydroxylamine groups is 1. The third-order valence-electron chi connectivity index (χ3n) is 3.23. The quantitative estimate of drug-likeness (QED) is 0.374. The summed E-state index contributed by atoms with van der Waals surface area (Å²) in [5.74, 6) is 0. The highest BCUT2D eigenvalue weighted by Crippen LogP contribution is 2.42. The van der Waals surface area contributed by atoms with Crippen LogP contribution in [0.15, 0.2) is 59.5 Å². The van der Waals surface area contributed by atoms with Crippen LogP contribution in [0.5, 0.6) is 0 Å². The van der Waals surface area contributed by atoms with Gasteiger partial charge in [0, 0.05) is 12.1 Å². The van der Waals surface area contributed by atoms with Gasteiger partial charge in [0.15, 0.2) is 5.69 Å². The van der Waals surface area contributed by atoms with Crippen LogP contribution in [-0.2, 0) is 14.9 Å². The Bertz CT molecular complexity index is 800. The molecule has 1 aliphatic rings. The molecule has 1 heterocycles. The van der Waals surface area contributed by atoms with E-state index in [0.717, 1.165) is 0 Å². The molecule has 2 aromatic carbocycles. The van der Waals surface area contributed by atoms with Gasteiger partial charge in [-0.05, 0) is 22.3 Å². The largest absolute Gasteiger partial charge is 0.364 e. The van der Waals surface area contributed by atoms with Crippen molar-refractivity contribution in [3.05, 3.63) is 64.7 Å². The molecular weight excluding hydrogens is 296 g/mol. The lowest BCUT2D eigenvalue weighted by Crippen LogP contribution is -2.33. The van der Waals surface area contributed by atoms with E-state index in [4.69, 9.17) is 4.84 Å². The number of sulfonamides is 1. The molecule has 0 saturated carbocycles. The van der Waals surface area contributed by atoms with E-state index in [9.17, 15) is 18.5 Å². The lowest BCUT2D eigenvalue weighted by Gasteiger charge is -2.11. The van der Waals surface area contributed by atoms with Crippen LogP contribution in [0, 0.1) is 10.1 Å². The zero-order chi connectivity index (χ0) is 15.1. The highest BCUT2D eigenvalue weighted by Gasteiger charge is 2.62. The number of rotatable bonds is 4. The van der Waals surface area contributed by atoms with Crippen LogP contribution in [0.25, 0.3) is 0 Å². The first-order valence-electron chi connectivity index (χ1n) is 6.05.